The summed E-state index contributed by atoms with van der Waals surface area (Å²) in [5.41, 5.74) is 2.25. The van der Waals surface area contributed by atoms with Crippen molar-refractivity contribution in [2.45, 2.75) is 39.3 Å². The topological polar surface area (TPSA) is 41.7 Å². The van der Waals surface area contributed by atoms with Gasteiger partial charge in [-0.25, -0.2) is 4.39 Å². The van der Waals surface area contributed by atoms with Crippen LogP contribution < -0.4 is 4.74 Å². The molecule has 5 nitrogen and oxygen atoms in total. The Morgan fingerprint density at radius 1 is 1.15 bits per heavy atom. The predicted molar refractivity (Wildman–Crippen MR) is 101 cm³/mol. The highest BCUT2D eigenvalue weighted by molar-refractivity contribution is 5.22. The highest BCUT2D eigenvalue weighted by atomic mass is 19.1. The maximum absolute atomic E-state index is 13.0. The van der Waals surface area contributed by atoms with E-state index < -0.39 is 0 Å². The summed E-state index contributed by atoms with van der Waals surface area (Å²) in [6.07, 6.45) is 2.55. The van der Waals surface area contributed by atoms with E-state index in [-0.39, 0.29) is 5.82 Å². The van der Waals surface area contributed by atoms with Gasteiger partial charge in [-0.15, -0.1) is 0 Å². The Morgan fingerprint density at radius 3 is 2.70 bits per heavy atom. The van der Waals surface area contributed by atoms with Crippen molar-refractivity contribution in [3.63, 3.8) is 0 Å². The van der Waals surface area contributed by atoms with E-state index in [2.05, 4.69) is 15.0 Å². The number of hydrogen-bond acceptors (Lipinski definition) is 5. The number of hydrogen-bond donors (Lipinski definition) is 0. The quantitative estimate of drug-likeness (QED) is 0.776. The maximum Gasteiger partial charge on any atom is 0.138 e. The fourth-order valence-electron chi connectivity index (χ4n) is 4.44. The second kappa shape index (κ2) is 7.98. The van der Waals surface area contributed by atoms with E-state index >= 15 is 0 Å². The number of aryl methyl sites for hydroxylation is 2. The second-order valence-electron chi connectivity index (χ2n) is 7.89. The Hall–Kier alpha value is -1.92. The molecule has 0 amide bonds. The Labute approximate surface area is 160 Å². The van der Waals surface area contributed by atoms with Crippen LogP contribution in [-0.2, 0) is 6.54 Å². The first-order valence-electron chi connectivity index (χ1n) is 9.85. The number of rotatable bonds is 6. The molecule has 146 valence electrons. The van der Waals surface area contributed by atoms with Gasteiger partial charge in [0.15, 0.2) is 0 Å². The Kier molecular flexibility index (Phi) is 5.45. The number of fused-ring (bicyclic) bond motifs is 4. The fraction of sp³-hybridized carbons (Fsp3) is 0.571. The molecule has 27 heavy (non-hydrogen) atoms. The van der Waals surface area contributed by atoms with Gasteiger partial charge in [-0.2, -0.15) is 0 Å². The molecule has 0 saturated carbocycles. The second-order valence-corrected chi connectivity index (χ2v) is 7.89. The summed E-state index contributed by atoms with van der Waals surface area (Å²) in [6, 6.07) is 6.83. The van der Waals surface area contributed by atoms with Gasteiger partial charge >= 0.3 is 0 Å². The normalized spacial score (nSPS) is 23.5. The summed E-state index contributed by atoms with van der Waals surface area (Å²) < 4.78 is 24.1. The smallest absolute Gasteiger partial charge is 0.138 e. The van der Waals surface area contributed by atoms with Crippen molar-refractivity contribution in [1.29, 1.82) is 0 Å². The molecule has 3 aliphatic heterocycles. The van der Waals surface area contributed by atoms with Crippen LogP contribution in [0.1, 0.15) is 29.9 Å². The highest BCUT2D eigenvalue weighted by Gasteiger charge is 2.35. The average molecular weight is 373 g/mol. The molecule has 4 heterocycles. The zero-order valence-corrected chi connectivity index (χ0v) is 16.2. The van der Waals surface area contributed by atoms with E-state index in [0.717, 1.165) is 49.9 Å². The van der Waals surface area contributed by atoms with Crippen LogP contribution in [0.5, 0.6) is 5.75 Å². The van der Waals surface area contributed by atoms with Gasteiger partial charge in [-0.3, -0.25) is 9.80 Å². The molecule has 0 radical (unpaired) electrons. The molecule has 0 aliphatic carbocycles. The van der Waals surface area contributed by atoms with E-state index in [1.807, 2.05) is 13.8 Å². The van der Waals surface area contributed by atoms with Gasteiger partial charge in [0.2, 0.25) is 0 Å². The van der Waals surface area contributed by atoms with Crippen molar-refractivity contribution in [3.8, 4) is 5.75 Å². The highest BCUT2D eigenvalue weighted by Crippen LogP contribution is 2.29. The molecule has 1 aromatic carbocycles. The number of halogens is 1. The average Bonchev–Trinajstić information content (AvgIpc) is 2.83. The van der Waals surface area contributed by atoms with Crippen molar-refractivity contribution in [1.82, 2.24) is 15.0 Å². The summed E-state index contributed by atoms with van der Waals surface area (Å²) in [4.78, 5) is 5.14. The number of ether oxygens (including phenoxy) is 1. The Morgan fingerprint density at radius 2 is 1.96 bits per heavy atom. The van der Waals surface area contributed by atoms with Crippen molar-refractivity contribution >= 4 is 0 Å². The fourth-order valence-corrected chi connectivity index (χ4v) is 4.44. The van der Waals surface area contributed by atoms with Crippen LogP contribution >= 0.6 is 0 Å². The molecule has 3 aliphatic rings. The monoisotopic (exact) mass is 373 g/mol. The number of aromatic nitrogens is 1. The van der Waals surface area contributed by atoms with Crippen LogP contribution in [0.3, 0.4) is 0 Å². The summed E-state index contributed by atoms with van der Waals surface area (Å²) in [5.74, 6) is 2.14. The van der Waals surface area contributed by atoms with Crippen LogP contribution in [0.25, 0.3) is 0 Å². The third-order valence-corrected chi connectivity index (χ3v) is 5.93. The minimum Gasteiger partial charge on any atom is -0.492 e. The van der Waals surface area contributed by atoms with Gasteiger partial charge < -0.3 is 9.26 Å². The molecule has 5 rings (SSSR count). The van der Waals surface area contributed by atoms with Crippen LogP contribution in [-0.4, -0.2) is 53.8 Å². The first kappa shape index (κ1) is 18.4. The summed E-state index contributed by atoms with van der Waals surface area (Å²) in [7, 11) is 0. The van der Waals surface area contributed by atoms with Gasteiger partial charge in [0.1, 0.15) is 23.9 Å². The summed E-state index contributed by atoms with van der Waals surface area (Å²) in [6.45, 7) is 9.85. The molecule has 0 N–H and O–H groups in total. The van der Waals surface area contributed by atoms with Crippen molar-refractivity contribution in [2.75, 3.05) is 32.8 Å². The molecule has 3 fully saturated rings. The molecule has 2 atom stereocenters. The summed E-state index contributed by atoms with van der Waals surface area (Å²) in [5, 5.41) is 4.10. The largest absolute Gasteiger partial charge is 0.492 e. The molecular weight excluding hydrogens is 345 g/mol. The van der Waals surface area contributed by atoms with Crippen LogP contribution in [0.2, 0.25) is 0 Å². The number of piperidine rings is 1. The first-order valence-corrected chi connectivity index (χ1v) is 9.85. The van der Waals surface area contributed by atoms with Crippen LogP contribution in [0.4, 0.5) is 4.39 Å². The standard InChI is InChI=1S/C21H28FN3O2/c1-15-21(16(2)27-23-15)14-24-11-17-3-6-19(13-24)25(12-17)9-10-26-20-7-4-18(22)5-8-20/h4-5,7-8,17,19H,3,6,9-14H2,1-2H3/t17-,19+/m0/s1. The maximum atomic E-state index is 13.0. The first-order chi connectivity index (χ1) is 13.1. The lowest BCUT2D eigenvalue weighted by molar-refractivity contribution is 0.109. The molecule has 3 saturated heterocycles. The van der Waals surface area contributed by atoms with E-state index in [9.17, 15) is 4.39 Å². The van der Waals surface area contributed by atoms with Crippen LogP contribution in [0.15, 0.2) is 28.8 Å². The molecule has 6 heteroatoms. The van der Waals surface area contributed by atoms with E-state index in [0.29, 0.717) is 18.6 Å². The van der Waals surface area contributed by atoms with Gasteiger partial charge in [-0.05, 0) is 56.9 Å². The van der Waals surface area contributed by atoms with Crippen molar-refractivity contribution < 1.29 is 13.7 Å². The number of nitrogens with zero attached hydrogens (tertiary/aromatic N) is 3. The van der Waals surface area contributed by atoms with Gasteiger partial charge in [0, 0.05) is 44.3 Å². The lowest BCUT2D eigenvalue weighted by atomic mass is 9.95. The lowest BCUT2D eigenvalue weighted by Crippen LogP contribution is -2.45. The Bertz CT molecular complexity index is 742. The summed E-state index contributed by atoms with van der Waals surface area (Å²) >= 11 is 0. The van der Waals surface area contributed by atoms with Gasteiger partial charge in [0.05, 0.1) is 5.69 Å². The molecule has 0 spiro atoms. The lowest BCUT2D eigenvalue weighted by Gasteiger charge is -2.36. The number of benzene rings is 1. The third kappa shape index (κ3) is 4.33. The third-order valence-electron chi connectivity index (χ3n) is 5.93. The van der Waals surface area contributed by atoms with Crippen molar-refractivity contribution in [2.24, 2.45) is 5.92 Å². The van der Waals surface area contributed by atoms with Gasteiger partial charge in [-0.1, -0.05) is 5.16 Å². The zero-order chi connectivity index (χ0) is 18.8. The SMILES string of the molecule is Cc1noc(C)c1CN1C[C@@H]2CC[C@H](C1)N(CCOc1ccc(F)cc1)C2. The zero-order valence-electron chi connectivity index (χ0n) is 16.2. The molecule has 2 aromatic rings. The Balaban J connectivity index is 1.33. The van der Waals surface area contributed by atoms with E-state index in [1.165, 1.54) is 30.5 Å². The van der Waals surface area contributed by atoms with Crippen molar-refractivity contribution in [3.05, 3.63) is 47.1 Å². The van der Waals surface area contributed by atoms with E-state index in [1.54, 1.807) is 12.1 Å². The molecular formula is C21H28FN3O2. The minimum absolute atomic E-state index is 0.231. The minimum atomic E-state index is -0.231. The predicted octanol–water partition coefficient (Wildman–Crippen LogP) is 3.41. The van der Waals surface area contributed by atoms with Crippen LogP contribution in [0, 0.1) is 25.6 Å². The molecule has 1 aromatic heterocycles. The molecule has 2 bridgehead atoms. The van der Waals surface area contributed by atoms with Gasteiger partial charge in [0.25, 0.3) is 0 Å². The molecule has 0 unspecified atom stereocenters. The van der Waals surface area contributed by atoms with E-state index in [4.69, 9.17) is 9.26 Å².